The molecule has 794 valence electrons. The van der Waals surface area contributed by atoms with Crippen LogP contribution in [0.5, 0.6) is 34.5 Å². The second-order valence-electron chi connectivity index (χ2n) is 34.7. The predicted octanol–water partition coefficient (Wildman–Crippen LogP) is 15.1. The zero-order chi connectivity index (χ0) is 107. The molecule has 146 heavy (non-hydrogen) atoms. The van der Waals surface area contributed by atoms with Gasteiger partial charge in [0, 0.05) is 108 Å². The van der Waals surface area contributed by atoms with Crippen molar-refractivity contribution in [3.05, 3.63) is 252 Å². The van der Waals surface area contributed by atoms with Gasteiger partial charge in [-0.05, 0) is 199 Å². The van der Waals surface area contributed by atoms with Gasteiger partial charge in [0.1, 0.15) is 34.5 Å². The normalized spacial score (nSPS) is 11.1. The van der Waals surface area contributed by atoms with Crippen molar-refractivity contribution >= 4 is 73.1 Å². The average molecular weight is 2030 g/mol. The first-order valence-corrected chi connectivity index (χ1v) is 48.3. The summed E-state index contributed by atoms with van der Waals surface area (Å²) < 4.78 is 69.1. The summed E-state index contributed by atoms with van der Waals surface area (Å²) >= 11 is 0. The summed E-state index contributed by atoms with van der Waals surface area (Å²) in [6.45, 7) is 34.4. The molecule has 0 saturated carbocycles. The van der Waals surface area contributed by atoms with Crippen molar-refractivity contribution in [2.75, 3.05) is 145 Å². The monoisotopic (exact) mass is 2030 g/mol. The Balaban J connectivity index is 0.815. The molecule has 0 aliphatic carbocycles. The van der Waals surface area contributed by atoms with Gasteiger partial charge in [0.2, 0.25) is 6.79 Å². The van der Waals surface area contributed by atoms with Crippen LogP contribution in [-0.4, -0.2) is 233 Å². The molecule has 40 nitrogen and oxygen atoms in total. The number of aromatic hydroxyl groups is 3. The Hall–Kier alpha value is -15.6. The van der Waals surface area contributed by atoms with Crippen LogP contribution in [0.2, 0.25) is 0 Å². The Morgan fingerprint density at radius 3 is 0.705 bits per heavy atom. The topological polar surface area (TPSA) is 530 Å². The third-order valence-corrected chi connectivity index (χ3v) is 22.7. The summed E-state index contributed by atoms with van der Waals surface area (Å²) in [5.74, 6) is 1.01. The molecule has 0 bridgehead atoms. The van der Waals surface area contributed by atoms with E-state index < -0.39 is 102 Å². The van der Waals surface area contributed by atoms with Crippen molar-refractivity contribution in [1.82, 2.24) is 63.8 Å². The summed E-state index contributed by atoms with van der Waals surface area (Å²) in [6.07, 6.45) is 6.46. The number of carbonyl (C=O) groups is 12. The van der Waals surface area contributed by atoms with E-state index in [4.69, 9.17) is 61.6 Å². The Bertz CT molecular complexity index is 5320. The minimum Gasteiger partial charge on any atom is -0.508 e. The molecule has 6 aromatic carbocycles. The molecule has 6 rings (SSSR count). The fraction of sp³-hybridized carbons (Fsp3) is 0.434. The largest absolute Gasteiger partial charge is 0.508 e. The zero-order valence-corrected chi connectivity index (χ0v) is 84.2. The number of benzene rings is 6. The van der Waals surface area contributed by atoms with E-state index in [0.717, 1.165) is 61.2 Å². The van der Waals surface area contributed by atoms with E-state index in [0.29, 0.717) is 113 Å². The minimum atomic E-state index is -0.998. The van der Waals surface area contributed by atoms with Gasteiger partial charge in [-0.3, -0.25) is 0 Å². The third-order valence-electron chi connectivity index (χ3n) is 22.7. The minimum absolute atomic E-state index is 0.00381. The number of allylic oxidation sites excluding steroid dienone is 6. The van der Waals surface area contributed by atoms with Gasteiger partial charge in [-0.15, -0.1) is 39.5 Å². The Morgan fingerprint density at radius 2 is 0.459 bits per heavy atom. The Morgan fingerprint density at radius 1 is 0.260 bits per heavy atom. The number of alkyl carbamates (subject to hydrolysis) is 9. The van der Waals surface area contributed by atoms with E-state index in [1.54, 1.807) is 72.9 Å². The van der Waals surface area contributed by atoms with Crippen LogP contribution in [-0.2, 0) is 102 Å². The number of rotatable bonds is 64. The van der Waals surface area contributed by atoms with Gasteiger partial charge >= 0.3 is 73.1 Å². The lowest BCUT2D eigenvalue weighted by Crippen LogP contribution is -2.37. The standard InChI is InChI=1S/C106H142N12O28/c1-13-25-74-65-80(31-37-86(74)119)104(7,8)83-34-40-89(77(68-83)28-16-4)144-101(131)116-54-51-109-94(124)136-60-22-20-58-134-57-19-21-59-135-92(122)107-45-46-111-96(126)139-63-43-73(44-64-140-97(127)112-48-50-114-99(129)142-72-143-100(130)115-53-56-118-103(133)146-91-42-36-85(70-79(91)30-18-6)106(11,12)82-33-39-88(121)76(67-82)27-15-3)71-141-98(128)113-49-47-108-93(123)137-61-23-24-62-138-95(125)110-52-55-117-102(132)145-90-41-35-84(69-78(90)29-17-5)105(9,10)81-32-38-87(120)75(66-81)26-14-2/h13-18,31-42,65-70,73,119-121H,1-6,19-30,43-64,71-72H2,7-12H3,(H,107,122)(H,108,123)(H,109,124)(H,110,125)(H,111,126)(H,112,127)(H,113,128)(H,114,129)(H,115,130)(H,116,131)(H,117,132)(H,118,133). The molecule has 0 aliphatic rings. The summed E-state index contributed by atoms with van der Waals surface area (Å²) in [4.78, 5) is 151. The fourth-order valence-corrected chi connectivity index (χ4v) is 14.2. The van der Waals surface area contributed by atoms with Crippen molar-refractivity contribution in [2.24, 2.45) is 5.92 Å². The first kappa shape index (κ1) is 119. The molecule has 6 aromatic rings. The predicted molar refractivity (Wildman–Crippen MR) is 546 cm³/mol. The maximum absolute atomic E-state index is 12.8. The van der Waals surface area contributed by atoms with Gasteiger partial charge in [0.05, 0.1) is 46.2 Å². The number of hydrogen-bond donors (Lipinski definition) is 15. The van der Waals surface area contributed by atoms with Crippen LogP contribution in [0, 0.1) is 5.92 Å². The number of unbranched alkanes of at least 4 members (excludes halogenated alkanes) is 3. The molecule has 40 heteroatoms. The number of amides is 12. The van der Waals surface area contributed by atoms with Gasteiger partial charge in [0.15, 0.2) is 0 Å². The number of phenolic OH excluding ortho intramolecular Hbond substituents is 3. The smallest absolute Gasteiger partial charge is 0.412 e. The molecule has 0 heterocycles. The molecule has 0 radical (unpaired) electrons. The van der Waals surface area contributed by atoms with Crippen LogP contribution >= 0.6 is 0 Å². The van der Waals surface area contributed by atoms with Crippen LogP contribution in [0.15, 0.2) is 185 Å². The fourth-order valence-electron chi connectivity index (χ4n) is 14.2. The van der Waals surface area contributed by atoms with Gasteiger partial charge in [-0.1, -0.05) is 151 Å². The first-order chi connectivity index (χ1) is 70.1. The number of carbonyl (C=O) groups excluding carboxylic acids is 12. The molecule has 0 aromatic heterocycles. The van der Waals surface area contributed by atoms with Gasteiger partial charge in [0.25, 0.3) is 0 Å². The molecule has 1 atom stereocenters. The van der Waals surface area contributed by atoms with Crippen molar-refractivity contribution in [3.8, 4) is 34.5 Å². The second kappa shape index (κ2) is 65.5. The first-order valence-electron chi connectivity index (χ1n) is 48.3. The van der Waals surface area contributed by atoms with Gasteiger partial charge in [-0.25, -0.2) is 57.5 Å². The van der Waals surface area contributed by atoms with E-state index >= 15 is 0 Å². The summed E-state index contributed by atoms with van der Waals surface area (Å²) in [5, 5.41) is 61.1. The second-order valence-corrected chi connectivity index (χ2v) is 34.7. The van der Waals surface area contributed by atoms with Crippen molar-refractivity contribution in [3.63, 3.8) is 0 Å². The quantitative estimate of drug-likeness (QED) is 0.00730. The van der Waals surface area contributed by atoms with E-state index in [1.807, 2.05) is 86.6 Å². The lowest BCUT2D eigenvalue weighted by Gasteiger charge is -2.28. The highest BCUT2D eigenvalue weighted by Gasteiger charge is 2.31. The number of nitrogens with one attached hydrogen (secondary N) is 12. The molecule has 12 amide bonds. The molecule has 15 N–H and O–H groups in total. The van der Waals surface area contributed by atoms with Crippen molar-refractivity contribution in [2.45, 2.75) is 148 Å². The zero-order valence-electron chi connectivity index (χ0n) is 84.2. The molecular weight excluding hydrogens is 1890 g/mol. The van der Waals surface area contributed by atoms with E-state index in [2.05, 4.69) is 131 Å². The van der Waals surface area contributed by atoms with Crippen LogP contribution in [0.25, 0.3) is 0 Å². The van der Waals surface area contributed by atoms with Crippen molar-refractivity contribution in [1.29, 1.82) is 0 Å². The summed E-state index contributed by atoms with van der Waals surface area (Å²) in [6, 6.07) is 33.1. The molecule has 0 fully saturated rings. The lowest BCUT2D eigenvalue weighted by atomic mass is 9.77. The Kier molecular flexibility index (Phi) is 53.4. The van der Waals surface area contributed by atoms with Crippen LogP contribution in [0.4, 0.5) is 57.5 Å². The molecule has 0 aliphatic heterocycles. The number of hydrogen-bond acceptors (Lipinski definition) is 28. The Labute approximate surface area is 852 Å². The van der Waals surface area contributed by atoms with Crippen molar-refractivity contribution < 1.29 is 134 Å². The highest BCUT2D eigenvalue weighted by atomic mass is 16.7. The van der Waals surface area contributed by atoms with Crippen LogP contribution in [0.1, 0.15) is 160 Å². The summed E-state index contributed by atoms with van der Waals surface area (Å²) in [5.41, 5.74) is 8.82. The highest BCUT2D eigenvalue weighted by Crippen LogP contribution is 2.41. The number of phenols is 3. The summed E-state index contributed by atoms with van der Waals surface area (Å²) in [7, 11) is 0. The molecule has 0 spiro atoms. The maximum atomic E-state index is 12.8. The van der Waals surface area contributed by atoms with Crippen LogP contribution < -0.4 is 78.0 Å². The van der Waals surface area contributed by atoms with Gasteiger partial charge in [-0.2, -0.15) is 0 Å². The maximum Gasteiger partial charge on any atom is 0.412 e. The van der Waals surface area contributed by atoms with Gasteiger partial charge < -0.3 is 141 Å². The molecular formula is C106H142N12O28. The van der Waals surface area contributed by atoms with Crippen LogP contribution in [0.3, 0.4) is 0 Å². The molecule has 1 unspecified atom stereocenters. The van der Waals surface area contributed by atoms with E-state index in [1.165, 1.54) is 0 Å². The third kappa shape index (κ3) is 44.5. The highest BCUT2D eigenvalue weighted by molar-refractivity contribution is 5.75. The lowest BCUT2D eigenvalue weighted by molar-refractivity contribution is 0.0244. The van der Waals surface area contributed by atoms with E-state index in [-0.39, 0.29) is 155 Å². The van der Waals surface area contributed by atoms with E-state index in [9.17, 15) is 72.9 Å². The number of ether oxygens (including phenoxy) is 13. The molecule has 0 saturated heterocycles. The average Bonchev–Trinajstić information content (AvgIpc) is 0.791. The SMILES string of the molecule is C=CCc1cc(C(C)(C)c2ccc(OC(=O)NCCNC(=O)OCCCCOCCCCOC(=O)NCCNC(=O)OCCC(CCOC(=O)NCCNC(=O)OCOC(=O)NCCNC(=O)Oc3ccc(C(C)(C)c4ccc(O)c(CC=C)c4)cc3CC=C)COC(=O)NCCNC(=O)OCCCCOC(=O)NCCNC(=O)Oc3ccc(C(C)(C)c4ccc(O)c(CC=C)c4)cc3CC=C)c(CC=C)c2)ccc1O.